The van der Waals surface area contributed by atoms with E-state index in [1.807, 2.05) is 0 Å². The second-order valence-corrected chi connectivity index (χ2v) is 21.8. The Morgan fingerprint density at radius 2 is 1.19 bits per heavy atom. The number of hydrogen-bond donors (Lipinski definition) is 5. The van der Waals surface area contributed by atoms with Crippen LogP contribution in [0.15, 0.2) is 17.1 Å². The molecule has 2 heterocycles. The van der Waals surface area contributed by atoms with Crippen LogP contribution in [-0.2, 0) is 46.3 Å². The molecule has 6 N–H and O–H groups in total. The fourth-order valence-electron chi connectivity index (χ4n) is 7.83. The Labute approximate surface area is 400 Å². The number of nitrogens with two attached hydrogens (primary N) is 1. The van der Waals surface area contributed by atoms with E-state index in [4.69, 9.17) is 29.0 Å². The van der Waals surface area contributed by atoms with Crippen LogP contribution < -0.4 is 11.4 Å². The van der Waals surface area contributed by atoms with Crippen molar-refractivity contribution in [1.82, 2.24) is 9.55 Å². The van der Waals surface area contributed by atoms with Gasteiger partial charge in [-0.1, -0.05) is 175 Å². The zero-order chi connectivity index (χ0) is 49.5. The molecule has 1 fully saturated rings. The number of phosphoric ester groups is 2. The molecule has 8 atom stereocenters. The van der Waals surface area contributed by atoms with Gasteiger partial charge in [0.1, 0.15) is 30.7 Å². The summed E-state index contributed by atoms with van der Waals surface area (Å²) < 4.78 is 56.7. The van der Waals surface area contributed by atoms with Crippen molar-refractivity contribution in [1.29, 1.82) is 0 Å². The third-order valence-electron chi connectivity index (χ3n) is 12.2. The lowest BCUT2D eigenvalue weighted by Crippen LogP contribution is -2.36. The predicted octanol–water partition coefficient (Wildman–Crippen LogP) is 10.00. The van der Waals surface area contributed by atoms with Gasteiger partial charge in [0.2, 0.25) is 0 Å². The number of unbranched alkanes of at least 4 members (excludes halogenated alkanes) is 20. The van der Waals surface area contributed by atoms with Gasteiger partial charge in [0.25, 0.3) is 0 Å². The van der Waals surface area contributed by atoms with Gasteiger partial charge < -0.3 is 39.9 Å². The number of aliphatic hydroxyl groups is 2. The maximum atomic E-state index is 12.8. The SMILES string of the molecule is CCC(C)CCCCCCCCCCCCCCCCC(=O)OC[C@H](COP(=O)(O)OP(=O)(O)OC[C@H]1O[C@@H](n2ccc(N)nc2=O)C(O)[C@H]1O)OC(=O)CCCCCCCCCCC(C)C. The lowest BCUT2D eigenvalue weighted by molar-refractivity contribution is -0.161. The summed E-state index contributed by atoms with van der Waals surface area (Å²) in [4.78, 5) is 61.8. The maximum Gasteiger partial charge on any atom is 0.481 e. The van der Waals surface area contributed by atoms with Crippen molar-refractivity contribution >= 4 is 33.4 Å². The first-order chi connectivity index (χ1) is 31.9. The number of nitrogens with zero attached hydrogens (tertiary/aromatic N) is 2. The zero-order valence-corrected chi connectivity index (χ0v) is 42.8. The van der Waals surface area contributed by atoms with Crippen molar-refractivity contribution in [3.05, 3.63) is 22.7 Å². The monoisotopic (exact) mass is 996 g/mol. The van der Waals surface area contributed by atoms with Crippen LogP contribution in [0.5, 0.6) is 0 Å². The van der Waals surface area contributed by atoms with Crippen molar-refractivity contribution in [2.75, 3.05) is 25.6 Å². The summed E-state index contributed by atoms with van der Waals surface area (Å²) in [5.41, 5.74) is 4.59. The molecule has 1 aliphatic rings. The molecule has 0 amide bonds. The Bertz CT molecular complexity index is 1650. The summed E-state index contributed by atoms with van der Waals surface area (Å²) in [7, 11) is -10.8. The first-order valence-corrected chi connectivity index (χ1v) is 28.3. The number of phosphoric acid groups is 2. The predicted molar refractivity (Wildman–Crippen MR) is 257 cm³/mol. The summed E-state index contributed by atoms with van der Waals surface area (Å²) in [5.74, 6) is 0.279. The molecule has 0 bridgehead atoms. The standard InChI is InChI=1S/C47H87N3O15P2/c1-5-38(4)29-25-21-17-12-10-8-6-7-9-11-13-18-22-26-30-42(51)60-34-39(63-43(52)31-27-23-19-15-14-16-20-24-28-37(2)3)35-61-66(56,57)65-67(58,59)62-36-40-44(53)45(54)46(64-40)50-33-32-41(48)49-47(50)55/h32-33,37-40,44-46,53-54H,5-31,34-36H2,1-4H3,(H,56,57)(H,58,59)(H2,48,49,55)/t38?,39-,40-,44+,45?,46-/m1/s1. The molecule has 2 rings (SSSR count). The van der Waals surface area contributed by atoms with E-state index in [-0.39, 0.29) is 18.7 Å². The van der Waals surface area contributed by atoms with Gasteiger partial charge in [0.15, 0.2) is 12.3 Å². The Morgan fingerprint density at radius 1 is 0.716 bits per heavy atom. The molecule has 67 heavy (non-hydrogen) atoms. The number of aromatic nitrogens is 2. The highest BCUT2D eigenvalue weighted by Gasteiger charge is 2.46. The van der Waals surface area contributed by atoms with Crippen LogP contribution in [0.2, 0.25) is 0 Å². The quantitative estimate of drug-likeness (QED) is 0.0232. The summed E-state index contributed by atoms with van der Waals surface area (Å²) in [6, 6.07) is 1.25. The lowest BCUT2D eigenvalue weighted by Gasteiger charge is -2.21. The van der Waals surface area contributed by atoms with Crippen LogP contribution in [0.4, 0.5) is 5.82 Å². The topological polar surface area (TPSA) is 265 Å². The Balaban J connectivity index is 1.77. The maximum absolute atomic E-state index is 12.8. The Hall–Kier alpha value is -2.24. The molecule has 390 valence electrons. The van der Waals surface area contributed by atoms with Crippen LogP contribution in [-0.4, -0.2) is 85.7 Å². The molecule has 4 unspecified atom stereocenters. The minimum Gasteiger partial charge on any atom is -0.462 e. The van der Waals surface area contributed by atoms with Crippen LogP contribution in [0.3, 0.4) is 0 Å². The van der Waals surface area contributed by atoms with Gasteiger partial charge in [0.05, 0.1) is 13.2 Å². The first-order valence-electron chi connectivity index (χ1n) is 25.3. The molecule has 0 radical (unpaired) electrons. The third-order valence-corrected chi connectivity index (χ3v) is 14.8. The fraction of sp³-hybridized carbons (Fsp3) is 0.872. The van der Waals surface area contributed by atoms with Crippen LogP contribution in [0.25, 0.3) is 0 Å². The fourth-order valence-corrected chi connectivity index (χ4v) is 9.94. The van der Waals surface area contributed by atoms with E-state index in [1.165, 1.54) is 109 Å². The van der Waals surface area contributed by atoms with E-state index < -0.39 is 83.7 Å². The van der Waals surface area contributed by atoms with E-state index in [2.05, 4.69) is 37.0 Å². The second-order valence-electron chi connectivity index (χ2n) is 18.8. The normalized spacial score (nSPS) is 20.1. The molecule has 0 saturated carbocycles. The van der Waals surface area contributed by atoms with Crippen LogP contribution in [0, 0.1) is 11.8 Å². The van der Waals surface area contributed by atoms with Gasteiger partial charge in [0, 0.05) is 19.0 Å². The van der Waals surface area contributed by atoms with E-state index in [1.54, 1.807) is 0 Å². The summed E-state index contributed by atoms with van der Waals surface area (Å²) in [6.07, 6.45) is 22.1. The van der Waals surface area contributed by atoms with Crippen molar-refractivity contribution in [2.24, 2.45) is 11.8 Å². The molecule has 0 aromatic carbocycles. The van der Waals surface area contributed by atoms with Gasteiger partial charge >= 0.3 is 33.3 Å². The van der Waals surface area contributed by atoms with Crippen LogP contribution in [0.1, 0.15) is 207 Å². The highest BCUT2D eigenvalue weighted by molar-refractivity contribution is 7.61. The lowest BCUT2D eigenvalue weighted by atomic mass is 9.99. The minimum atomic E-state index is -5.42. The number of carbonyl (C=O) groups is 2. The molecule has 0 aliphatic carbocycles. The third kappa shape index (κ3) is 28.9. The molecule has 1 aromatic heterocycles. The number of anilines is 1. The van der Waals surface area contributed by atoms with E-state index >= 15 is 0 Å². The zero-order valence-electron chi connectivity index (χ0n) is 41.1. The number of carbonyl (C=O) groups excluding carboxylic acids is 2. The highest BCUT2D eigenvalue weighted by atomic mass is 31.3. The Morgan fingerprint density at radius 3 is 1.70 bits per heavy atom. The highest BCUT2D eigenvalue weighted by Crippen LogP contribution is 2.60. The molecule has 1 aromatic rings. The number of rotatable bonds is 41. The van der Waals surface area contributed by atoms with Gasteiger partial charge in [-0.15, -0.1) is 0 Å². The largest absolute Gasteiger partial charge is 0.481 e. The molecule has 1 aliphatic heterocycles. The van der Waals surface area contributed by atoms with Gasteiger partial charge in [-0.05, 0) is 30.7 Å². The molecular formula is C47H87N3O15P2. The first kappa shape index (κ1) is 60.9. The van der Waals surface area contributed by atoms with Crippen molar-refractivity contribution in [3.8, 4) is 0 Å². The number of aliphatic hydroxyl groups excluding tert-OH is 2. The van der Waals surface area contributed by atoms with Gasteiger partial charge in [-0.3, -0.25) is 23.2 Å². The summed E-state index contributed by atoms with van der Waals surface area (Å²) >= 11 is 0. The van der Waals surface area contributed by atoms with Crippen molar-refractivity contribution in [3.63, 3.8) is 0 Å². The van der Waals surface area contributed by atoms with E-state index in [0.29, 0.717) is 18.8 Å². The number of esters is 2. The minimum absolute atomic E-state index is 0.0542. The average Bonchev–Trinajstić information content (AvgIpc) is 3.55. The molecular weight excluding hydrogens is 908 g/mol. The van der Waals surface area contributed by atoms with Crippen molar-refractivity contribution in [2.45, 2.75) is 232 Å². The van der Waals surface area contributed by atoms with Gasteiger partial charge in [-0.25, -0.2) is 13.9 Å². The Kier molecular flexibility index (Phi) is 31.8. The summed E-state index contributed by atoms with van der Waals surface area (Å²) in [6.45, 7) is 6.77. The summed E-state index contributed by atoms with van der Waals surface area (Å²) in [5, 5.41) is 20.9. The number of nitrogen functional groups attached to an aromatic ring is 1. The average molecular weight is 996 g/mol. The van der Waals surface area contributed by atoms with Crippen molar-refractivity contribution < 1.29 is 66.3 Å². The number of ether oxygens (including phenoxy) is 3. The molecule has 1 saturated heterocycles. The number of hydrogen-bond acceptors (Lipinski definition) is 15. The molecule has 0 spiro atoms. The molecule has 18 nitrogen and oxygen atoms in total. The van der Waals surface area contributed by atoms with E-state index in [9.17, 15) is 43.5 Å². The smallest absolute Gasteiger partial charge is 0.462 e. The molecule has 20 heteroatoms. The van der Waals surface area contributed by atoms with Crippen LogP contribution >= 0.6 is 15.6 Å². The van der Waals surface area contributed by atoms with E-state index in [0.717, 1.165) is 61.9 Å². The second kappa shape index (κ2) is 35.0. The van der Waals surface area contributed by atoms with Gasteiger partial charge in [-0.2, -0.15) is 9.29 Å².